The number of halogens is 4. The van der Waals surface area contributed by atoms with Crippen molar-refractivity contribution in [1.29, 1.82) is 0 Å². The second-order valence-electron chi connectivity index (χ2n) is 3.02. The van der Waals surface area contributed by atoms with E-state index in [1.165, 1.54) is 0 Å². The van der Waals surface area contributed by atoms with E-state index in [4.69, 9.17) is 0 Å². The van der Waals surface area contributed by atoms with Gasteiger partial charge in [-0.15, -0.1) is 0 Å². The first-order chi connectivity index (χ1) is 8.25. The molecule has 0 radical (unpaired) electrons. The van der Waals surface area contributed by atoms with Gasteiger partial charge in [-0.3, -0.25) is 0 Å². The lowest BCUT2D eigenvalue weighted by atomic mass is 10.2. The minimum atomic E-state index is -4.92. The van der Waals surface area contributed by atoms with Crippen LogP contribution in [0.5, 0.6) is 5.75 Å². The molecule has 0 amide bonds. The van der Waals surface area contributed by atoms with Crippen LogP contribution in [0.25, 0.3) is 0 Å². The number of ether oxygens (including phenoxy) is 2. The van der Waals surface area contributed by atoms with Gasteiger partial charge in [0.15, 0.2) is 0 Å². The Morgan fingerprint density at radius 1 is 1.17 bits per heavy atom. The Morgan fingerprint density at radius 2 is 1.78 bits per heavy atom. The molecule has 1 rings (SSSR count). The first-order valence-electron chi connectivity index (χ1n) is 4.42. The highest BCUT2D eigenvalue weighted by molar-refractivity contribution is 6.30. The summed E-state index contributed by atoms with van der Waals surface area (Å²) in [6.07, 6.45) is -4.92. The normalized spacial score (nSPS) is 10.9. The summed E-state index contributed by atoms with van der Waals surface area (Å²) in [5.74, 6) is -5.22. The number of benzene rings is 1. The van der Waals surface area contributed by atoms with E-state index >= 15 is 0 Å². The van der Waals surface area contributed by atoms with Crippen molar-refractivity contribution in [3.8, 4) is 5.75 Å². The zero-order valence-electron chi connectivity index (χ0n) is 8.88. The van der Waals surface area contributed by atoms with Crippen LogP contribution in [-0.2, 0) is 20.5 Å². The van der Waals surface area contributed by atoms with Gasteiger partial charge in [-0.2, -0.15) is 13.2 Å². The molecule has 0 heterocycles. The van der Waals surface area contributed by atoms with Gasteiger partial charge in [0.2, 0.25) is 0 Å². The Morgan fingerprint density at radius 3 is 2.28 bits per heavy atom. The van der Waals surface area contributed by atoms with Crippen molar-refractivity contribution in [1.82, 2.24) is 0 Å². The van der Waals surface area contributed by atoms with E-state index in [0.29, 0.717) is 12.1 Å². The number of methoxy groups -OCH3 is 1. The van der Waals surface area contributed by atoms with Crippen molar-refractivity contribution in [2.45, 2.75) is 6.18 Å². The van der Waals surface area contributed by atoms with E-state index in [1.54, 1.807) is 0 Å². The molecule has 0 aliphatic rings. The van der Waals surface area contributed by atoms with Crippen molar-refractivity contribution in [3.63, 3.8) is 0 Å². The first kappa shape index (κ1) is 13.9. The van der Waals surface area contributed by atoms with Crippen LogP contribution in [0.15, 0.2) is 18.2 Å². The summed E-state index contributed by atoms with van der Waals surface area (Å²) in [5, 5.41) is 0. The van der Waals surface area contributed by atoms with Gasteiger partial charge >= 0.3 is 18.1 Å². The fourth-order valence-electron chi connectivity index (χ4n) is 1.04. The average molecular weight is 266 g/mol. The van der Waals surface area contributed by atoms with Gasteiger partial charge in [0.25, 0.3) is 0 Å². The summed E-state index contributed by atoms with van der Waals surface area (Å²) >= 11 is 0. The van der Waals surface area contributed by atoms with Gasteiger partial charge in [0, 0.05) is 0 Å². The SMILES string of the molecule is COC(=O)C(=O)Oc1ccc(F)cc1C(F)(F)F. The molecule has 0 bridgehead atoms. The molecule has 98 valence electrons. The summed E-state index contributed by atoms with van der Waals surface area (Å²) in [5.41, 5.74) is -1.50. The Labute approximate surface area is 98.1 Å². The lowest BCUT2D eigenvalue weighted by molar-refractivity contribution is -0.161. The maximum Gasteiger partial charge on any atom is 0.422 e. The lowest BCUT2D eigenvalue weighted by Crippen LogP contribution is -2.23. The van der Waals surface area contributed by atoms with Crippen molar-refractivity contribution in [2.75, 3.05) is 7.11 Å². The van der Waals surface area contributed by atoms with Crippen LogP contribution in [0.4, 0.5) is 17.6 Å². The summed E-state index contributed by atoms with van der Waals surface area (Å²) in [4.78, 5) is 21.6. The third kappa shape index (κ3) is 3.19. The van der Waals surface area contributed by atoms with Crippen LogP contribution in [0.3, 0.4) is 0 Å². The van der Waals surface area contributed by atoms with Crippen LogP contribution < -0.4 is 4.74 Å². The molecule has 0 aromatic heterocycles. The molecule has 1 aromatic carbocycles. The molecular weight excluding hydrogens is 260 g/mol. The molecule has 4 nitrogen and oxygen atoms in total. The van der Waals surface area contributed by atoms with Gasteiger partial charge in [-0.05, 0) is 18.2 Å². The highest BCUT2D eigenvalue weighted by Crippen LogP contribution is 2.36. The standard InChI is InChI=1S/C10H6F4O4/c1-17-8(15)9(16)18-7-3-2-5(11)4-6(7)10(12,13)14/h2-4H,1H3. The summed E-state index contributed by atoms with van der Waals surface area (Å²) in [6.45, 7) is 0. The lowest BCUT2D eigenvalue weighted by Gasteiger charge is -2.12. The Kier molecular flexibility index (Phi) is 3.89. The number of rotatable bonds is 1. The Bertz CT molecular complexity index is 481. The third-order valence-electron chi connectivity index (χ3n) is 1.80. The molecular formula is C10H6F4O4. The smallest absolute Gasteiger partial charge is 0.422 e. The summed E-state index contributed by atoms with van der Waals surface area (Å²) < 4.78 is 58.3. The molecule has 8 heteroatoms. The molecule has 0 aliphatic heterocycles. The maximum absolute atomic E-state index is 12.7. The van der Waals surface area contributed by atoms with E-state index in [0.717, 1.165) is 7.11 Å². The molecule has 0 fully saturated rings. The van der Waals surface area contributed by atoms with Crippen molar-refractivity contribution in [3.05, 3.63) is 29.6 Å². The average Bonchev–Trinajstić information content (AvgIpc) is 2.28. The van der Waals surface area contributed by atoms with Gasteiger partial charge in [0.05, 0.1) is 7.11 Å². The molecule has 0 saturated heterocycles. The van der Waals surface area contributed by atoms with Gasteiger partial charge in [0.1, 0.15) is 17.1 Å². The van der Waals surface area contributed by atoms with E-state index in [2.05, 4.69) is 9.47 Å². The minimum absolute atomic E-state index is 0.153. The Balaban J connectivity index is 3.10. The van der Waals surface area contributed by atoms with Crippen molar-refractivity contribution >= 4 is 11.9 Å². The second-order valence-corrected chi connectivity index (χ2v) is 3.02. The highest BCUT2D eigenvalue weighted by Gasteiger charge is 2.36. The number of hydrogen-bond acceptors (Lipinski definition) is 4. The van der Waals surface area contributed by atoms with E-state index in [-0.39, 0.29) is 6.07 Å². The first-order valence-corrected chi connectivity index (χ1v) is 4.42. The number of esters is 2. The quantitative estimate of drug-likeness (QED) is 0.337. The molecule has 18 heavy (non-hydrogen) atoms. The third-order valence-corrected chi connectivity index (χ3v) is 1.80. The molecule has 0 unspecified atom stereocenters. The molecule has 0 aliphatic carbocycles. The van der Waals surface area contributed by atoms with Crippen molar-refractivity contribution in [2.24, 2.45) is 0 Å². The van der Waals surface area contributed by atoms with Gasteiger partial charge in [-0.25, -0.2) is 14.0 Å². The van der Waals surface area contributed by atoms with Crippen LogP contribution >= 0.6 is 0 Å². The molecule has 1 aromatic rings. The predicted octanol–water partition coefficient (Wildman–Crippen LogP) is 1.92. The number of hydrogen-bond donors (Lipinski definition) is 0. The van der Waals surface area contributed by atoms with Crippen LogP contribution in [0, 0.1) is 5.82 Å². The zero-order chi connectivity index (χ0) is 13.9. The van der Waals surface area contributed by atoms with E-state index < -0.39 is 35.2 Å². The van der Waals surface area contributed by atoms with E-state index in [9.17, 15) is 27.2 Å². The molecule has 0 spiro atoms. The zero-order valence-corrected chi connectivity index (χ0v) is 8.88. The van der Waals surface area contributed by atoms with Crippen LogP contribution in [-0.4, -0.2) is 19.0 Å². The summed E-state index contributed by atoms with van der Waals surface area (Å²) in [7, 11) is 0.860. The molecule has 0 atom stereocenters. The van der Waals surface area contributed by atoms with Crippen LogP contribution in [0.1, 0.15) is 5.56 Å². The highest BCUT2D eigenvalue weighted by atomic mass is 19.4. The van der Waals surface area contributed by atoms with Gasteiger partial charge < -0.3 is 9.47 Å². The topological polar surface area (TPSA) is 52.6 Å². The fraction of sp³-hybridized carbons (Fsp3) is 0.200. The Hall–Kier alpha value is -2.12. The van der Waals surface area contributed by atoms with Crippen molar-refractivity contribution < 1.29 is 36.6 Å². The number of carbonyl (C=O) groups is 2. The predicted molar refractivity (Wildman–Crippen MR) is 49.1 cm³/mol. The largest absolute Gasteiger partial charge is 0.461 e. The van der Waals surface area contributed by atoms with Gasteiger partial charge in [-0.1, -0.05) is 0 Å². The van der Waals surface area contributed by atoms with E-state index in [1.807, 2.05) is 0 Å². The van der Waals surface area contributed by atoms with Crippen LogP contribution in [0.2, 0.25) is 0 Å². The maximum atomic E-state index is 12.7. The minimum Gasteiger partial charge on any atom is -0.461 e. The summed E-state index contributed by atoms with van der Waals surface area (Å²) in [6, 6.07) is 1.41. The fourth-order valence-corrected chi connectivity index (χ4v) is 1.04. The molecule has 0 N–H and O–H groups in total. The number of alkyl halides is 3. The molecule has 0 saturated carbocycles. The number of carbonyl (C=O) groups excluding carboxylic acids is 2. The monoisotopic (exact) mass is 266 g/mol. The second kappa shape index (κ2) is 5.03.